The first-order valence-electron chi connectivity index (χ1n) is 5.66. The Labute approximate surface area is 96.4 Å². The van der Waals surface area contributed by atoms with Crippen LogP contribution in [-0.4, -0.2) is 18.1 Å². The summed E-state index contributed by atoms with van der Waals surface area (Å²) in [5.41, 5.74) is 7.80. The standard InChI is InChI=1S/C13H19NS/c14-10-13(8-9-15-11-13)7-6-12-4-2-1-3-5-12/h1-5H,6-11,14H2. The van der Waals surface area contributed by atoms with Gasteiger partial charge in [0.1, 0.15) is 0 Å². The molecule has 1 aliphatic rings. The summed E-state index contributed by atoms with van der Waals surface area (Å²) in [6.07, 6.45) is 3.74. The second-order valence-electron chi connectivity index (χ2n) is 4.49. The van der Waals surface area contributed by atoms with Crippen molar-refractivity contribution < 1.29 is 0 Å². The molecule has 15 heavy (non-hydrogen) atoms. The van der Waals surface area contributed by atoms with Gasteiger partial charge in [-0.1, -0.05) is 30.3 Å². The molecule has 1 unspecified atom stereocenters. The molecule has 1 aliphatic heterocycles. The Morgan fingerprint density at radius 1 is 1.27 bits per heavy atom. The normalized spacial score (nSPS) is 25.7. The van der Waals surface area contributed by atoms with Gasteiger partial charge in [-0.3, -0.25) is 0 Å². The summed E-state index contributed by atoms with van der Waals surface area (Å²) < 4.78 is 0. The van der Waals surface area contributed by atoms with Crippen LogP contribution in [0.1, 0.15) is 18.4 Å². The maximum absolute atomic E-state index is 5.92. The first kappa shape index (κ1) is 11.0. The van der Waals surface area contributed by atoms with Crippen molar-refractivity contribution in [3.05, 3.63) is 35.9 Å². The number of thioether (sulfide) groups is 1. The van der Waals surface area contributed by atoms with E-state index in [0.29, 0.717) is 5.41 Å². The molecule has 1 aromatic rings. The zero-order valence-electron chi connectivity index (χ0n) is 9.11. The molecular weight excluding hydrogens is 202 g/mol. The molecule has 82 valence electrons. The minimum absolute atomic E-state index is 0.431. The van der Waals surface area contributed by atoms with Gasteiger partial charge >= 0.3 is 0 Å². The van der Waals surface area contributed by atoms with Gasteiger partial charge in [-0.05, 0) is 42.5 Å². The number of nitrogens with two attached hydrogens (primary N) is 1. The summed E-state index contributed by atoms with van der Waals surface area (Å²) in [6.45, 7) is 0.854. The number of benzene rings is 1. The molecule has 1 fully saturated rings. The summed E-state index contributed by atoms with van der Waals surface area (Å²) in [7, 11) is 0. The Balaban J connectivity index is 1.92. The average molecular weight is 221 g/mol. The van der Waals surface area contributed by atoms with Crippen molar-refractivity contribution in [3.8, 4) is 0 Å². The summed E-state index contributed by atoms with van der Waals surface area (Å²) in [4.78, 5) is 0. The van der Waals surface area contributed by atoms with Gasteiger partial charge in [0.25, 0.3) is 0 Å². The van der Waals surface area contributed by atoms with Crippen LogP contribution in [0.2, 0.25) is 0 Å². The molecule has 1 saturated heterocycles. The number of hydrogen-bond donors (Lipinski definition) is 1. The van der Waals surface area contributed by atoms with E-state index in [1.165, 1.54) is 36.3 Å². The zero-order valence-corrected chi connectivity index (χ0v) is 9.93. The van der Waals surface area contributed by atoms with E-state index < -0.39 is 0 Å². The minimum Gasteiger partial charge on any atom is -0.330 e. The van der Waals surface area contributed by atoms with Gasteiger partial charge in [0, 0.05) is 5.75 Å². The summed E-state index contributed by atoms with van der Waals surface area (Å²) >= 11 is 2.06. The van der Waals surface area contributed by atoms with E-state index >= 15 is 0 Å². The number of hydrogen-bond acceptors (Lipinski definition) is 2. The van der Waals surface area contributed by atoms with Crippen molar-refractivity contribution >= 4 is 11.8 Å². The van der Waals surface area contributed by atoms with Crippen LogP contribution in [0.15, 0.2) is 30.3 Å². The van der Waals surface area contributed by atoms with E-state index in [0.717, 1.165) is 6.54 Å². The lowest BCUT2D eigenvalue weighted by Crippen LogP contribution is -2.30. The molecule has 1 heterocycles. The molecule has 1 nitrogen and oxygen atoms in total. The molecule has 0 radical (unpaired) electrons. The second kappa shape index (κ2) is 5.04. The van der Waals surface area contributed by atoms with Gasteiger partial charge in [-0.25, -0.2) is 0 Å². The first-order chi connectivity index (χ1) is 7.35. The fraction of sp³-hybridized carbons (Fsp3) is 0.538. The number of rotatable bonds is 4. The highest BCUT2D eigenvalue weighted by atomic mass is 32.2. The van der Waals surface area contributed by atoms with Crippen molar-refractivity contribution in [2.24, 2.45) is 11.1 Å². The molecule has 2 heteroatoms. The highest BCUT2D eigenvalue weighted by molar-refractivity contribution is 7.99. The number of aryl methyl sites for hydroxylation is 1. The van der Waals surface area contributed by atoms with E-state index in [1.54, 1.807) is 0 Å². The van der Waals surface area contributed by atoms with Crippen molar-refractivity contribution in [1.82, 2.24) is 0 Å². The largest absolute Gasteiger partial charge is 0.330 e. The van der Waals surface area contributed by atoms with Crippen LogP contribution >= 0.6 is 11.8 Å². The Hall–Kier alpha value is -0.470. The molecule has 0 aliphatic carbocycles. The van der Waals surface area contributed by atoms with Gasteiger partial charge in [0.15, 0.2) is 0 Å². The lowest BCUT2D eigenvalue weighted by atomic mass is 9.82. The topological polar surface area (TPSA) is 26.0 Å². The molecule has 2 rings (SSSR count). The molecule has 0 aromatic heterocycles. The smallest absolute Gasteiger partial charge is 0.000169 e. The summed E-state index contributed by atoms with van der Waals surface area (Å²) in [5, 5.41) is 0. The van der Waals surface area contributed by atoms with Crippen LogP contribution in [-0.2, 0) is 6.42 Å². The third-order valence-corrected chi connectivity index (χ3v) is 4.71. The lowest BCUT2D eigenvalue weighted by molar-refractivity contribution is 0.320. The van der Waals surface area contributed by atoms with Crippen molar-refractivity contribution in [2.75, 3.05) is 18.1 Å². The predicted octanol–water partition coefficient (Wildman–Crippen LogP) is 2.70. The third kappa shape index (κ3) is 2.76. The molecule has 2 N–H and O–H groups in total. The van der Waals surface area contributed by atoms with E-state index in [4.69, 9.17) is 5.73 Å². The fourth-order valence-corrected chi connectivity index (χ4v) is 3.73. The maximum atomic E-state index is 5.92. The maximum Gasteiger partial charge on any atom is 0.000169 e. The highest BCUT2D eigenvalue weighted by Gasteiger charge is 2.32. The average Bonchev–Trinajstić information content (AvgIpc) is 2.77. The third-order valence-electron chi connectivity index (χ3n) is 3.40. The molecule has 0 spiro atoms. The second-order valence-corrected chi connectivity index (χ2v) is 5.60. The lowest BCUT2D eigenvalue weighted by Gasteiger charge is -2.26. The van der Waals surface area contributed by atoms with Gasteiger partial charge in [0.2, 0.25) is 0 Å². The molecular formula is C13H19NS. The van der Waals surface area contributed by atoms with Crippen LogP contribution in [0.4, 0.5) is 0 Å². The van der Waals surface area contributed by atoms with Crippen LogP contribution in [0, 0.1) is 5.41 Å². The Morgan fingerprint density at radius 3 is 2.67 bits per heavy atom. The SMILES string of the molecule is NCC1(CCc2ccccc2)CCSC1. The van der Waals surface area contributed by atoms with E-state index in [-0.39, 0.29) is 0 Å². The Morgan fingerprint density at radius 2 is 2.07 bits per heavy atom. The van der Waals surface area contributed by atoms with Gasteiger partial charge < -0.3 is 5.73 Å². The first-order valence-corrected chi connectivity index (χ1v) is 6.82. The van der Waals surface area contributed by atoms with Crippen molar-refractivity contribution in [2.45, 2.75) is 19.3 Å². The van der Waals surface area contributed by atoms with E-state index in [9.17, 15) is 0 Å². The van der Waals surface area contributed by atoms with Crippen molar-refractivity contribution in [1.29, 1.82) is 0 Å². The molecule has 0 bridgehead atoms. The molecule has 1 aromatic carbocycles. The van der Waals surface area contributed by atoms with E-state index in [2.05, 4.69) is 42.1 Å². The van der Waals surface area contributed by atoms with Gasteiger partial charge in [-0.2, -0.15) is 11.8 Å². The molecule has 0 saturated carbocycles. The van der Waals surface area contributed by atoms with E-state index in [1.807, 2.05) is 0 Å². The molecule has 0 amide bonds. The van der Waals surface area contributed by atoms with Gasteiger partial charge in [-0.15, -0.1) is 0 Å². The van der Waals surface area contributed by atoms with Crippen LogP contribution in [0.25, 0.3) is 0 Å². The zero-order chi connectivity index (χ0) is 10.6. The van der Waals surface area contributed by atoms with Crippen LogP contribution in [0.5, 0.6) is 0 Å². The highest BCUT2D eigenvalue weighted by Crippen LogP contribution is 2.38. The fourth-order valence-electron chi connectivity index (χ4n) is 2.16. The Bertz CT molecular complexity index is 291. The minimum atomic E-state index is 0.431. The molecule has 1 atom stereocenters. The summed E-state index contributed by atoms with van der Waals surface area (Å²) in [6, 6.07) is 10.7. The monoisotopic (exact) mass is 221 g/mol. The quantitative estimate of drug-likeness (QED) is 0.846. The predicted molar refractivity (Wildman–Crippen MR) is 68.2 cm³/mol. The van der Waals surface area contributed by atoms with Crippen molar-refractivity contribution in [3.63, 3.8) is 0 Å². The Kier molecular flexibility index (Phi) is 3.71. The summed E-state index contributed by atoms with van der Waals surface area (Å²) in [5.74, 6) is 2.56. The van der Waals surface area contributed by atoms with Crippen LogP contribution in [0.3, 0.4) is 0 Å². The van der Waals surface area contributed by atoms with Gasteiger partial charge in [0.05, 0.1) is 0 Å². The van der Waals surface area contributed by atoms with Crippen LogP contribution < -0.4 is 5.73 Å².